The third-order valence-corrected chi connectivity index (χ3v) is 4.89. The normalized spacial score (nSPS) is 24.8. The lowest BCUT2D eigenvalue weighted by Gasteiger charge is -2.35. The molecule has 2 amide bonds. The molecule has 2 saturated heterocycles. The van der Waals surface area contributed by atoms with Crippen molar-refractivity contribution in [2.24, 2.45) is 5.92 Å². The molecule has 0 bridgehead atoms. The van der Waals surface area contributed by atoms with Gasteiger partial charge in [-0.25, -0.2) is 4.79 Å². The Hall–Kier alpha value is -1.60. The van der Waals surface area contributed by atoms with Gasteiger partial charge in [0.25, 0.3) is 0 Å². The molecular formula is C17H28N4O3. The molecule has 2 aliphatic heterocycles. The monoisotopic (exact) mass is 336 g/mol. The lowest BCUT2D eigenvalue weighted by Crippen LogP contribution is -2.46. The largest absolute Gasteiger partial charge is 0.348 e. The van der Waals surface area contributed by atoms with Gasteiger partial charge in [-0.05, 0) is 32.1 Å². The van der Waals surface area contributed by atoms with E-state index in [2.05, 4.69) is 22.4 Å². The van der Waals surface area contributed by atoms with Gasteiger partial charge in [-0.2, -0.15) is 5.10 Å². The number of carbonyl (C=O) groups is 1. The highest BCUT2D eigenvalue weighted by molar-refractivity contribution is 5.74. The molecule has 0 spiro atoms. The van der Waals surface area contributed by atoms with E-state index in [9.17, 15) is 4.79 Å². The number of hydrogen-bond donors (Lipinski definition) is 2. The fourth-order valence-corrected chi connectivity index (χ4v) is 3.71. The molecule has 2 fully saturated rings. The predicted molar refractivity (Wildman–Crippen MR) is 89.4 cm³/mol. The van der Waals surface area contributed by atoms with Crippen LogP contribution in [-0.4, -0.2) is 53.2 Å². The first kappa shape index (κ1) is 17.2. The maximum absolute atomic E-state index is 12.6. The summed E-state index contributed by atoms with van der Waals surface area (Å²) in [4.78, 5) is 14.6. The van der Waals surface area contributed by atoms with Gasteiger partial charge >= 0.3 is 6.03 Å². The van der Waals surface area contributed by atoms with Crippen LogP contribution in [0.5, 0.6) is 0 Å². The number of nitrogens with zero attached hydrogens (tertiary/aromatic N) is 2. The summed E-state index contributed by atoms with van der Waals surface area (Å²) in [6.45, 7) is 6.79. The van der Waals surface area contributed by atoms with Gasteiger partial charge < -0.3 is 19.7 Å². The number of urea groups is 1. The Balaban J connectivity index is 1.51. The Labute approximate surface area is 143 Å². The SMILES string of the molecule is C[C@H](CNC(=O)N1CCCC[C@H]1c1cn[nH]c1)CC1(C)OCCO1. The molecule has 0 aromatic carbocycles. The molecule has 134 valence electrons. The third kappa shape index (κ3) is 4.08. The minimum absolute atomic E-state index is 0.00571. The maximum atomic E-state index is 12.6. The fraction of sp³-hybridized carbons (Fsp3) is 0.765. The van der Waals surface area contributed by atoms with Crippen LogP contribution in [0, 0.1) is 5.92 Å². The van der Waals surface area contributed by atoms with Gasteiger partial charge in [-0.1, -0.05) is 6.92 Å². The minimum Gasteiger partial charge on any atom is -0.348 e. The quantitative estimate of drug-likeness (QED) is 0.865. The van der Waals surface area contributed by atoms with Gasteiger partial charge in [0.05, 0.1) is 25.5 Å². The van der Waals surface area contributed by atoms with Gasteiger partial charge in [-0.3, -0.25) is 5.10 Å². The van der Waals surface area contributed by atoms with Crippen molar-refractivity contribution in [3.8, 4) is 0 Å². The first-order chi connectivity index (χ1) is 11.6. The minimum atomic E-state index is -0.505. The summed E-state index contributed by atoms with van der Waals surface area (Å²) in [6.07, 6.45) is 7.66. The van der Waals surface area contributed by atoms with Crippen LogP contribution in [0.3, 0.4) is 0 Å². The first-order valence-electron chi connectivity index (χ1n) is 8.88. The first-order valence-corrected chi connectivity index (χ1v) is 8.88. The summed E-state index contributed by atoms with van der Waals surface area (Å²) >= 11 is 0. The van der Waals surface area contributed by atoms with Crippen LogP contribution in [0.25, 0.3) is 0 Å². The van der Waals surface area contributed by atoms with Crippen LogP contribution in [0.2, 0.25) is 0 Å². The Morgan fingerprint density at radius 2 is 2.29 bits per heavy atom. The van der Waals surface area contributed by atoms with E-state index in [1.807, 2.05) is 24.2 Å². The van der Waals surface area contributed by atoms with Gasteiger partial charge in [0.15, 0.2) is 5.79 Å². The molecule has 2 aliphatic rings. The van der Waals surface area contributed by atoms with Crippen molar-refractivity contribution in [3.05, 3.63) is 18.0 Å². The molecule has 0 radical (unpaired) electrons. The van der Waals surface area contributed by atoms with Crippen molar-refractivity contribution in [2.45, 2.75) is 51.4 Å². The standard InChI is InChI=1S/C17H28N4O3/c1-13(9-17(2)23-7-8-24-17)10-18-16(22)21-6-4-3-5-15(21)14-11-19-20-12-14/h11-13,15H,3-10H2,1-2H3,(H,18,22)(H,19,20)/t13-,15-/m0/s1. The predicted octanol–water partition coefficient (Wildman–Crippen LogP) is 2.44. The number of carbonyl (C=O) groups excluding carboxylic acids is 1. The number of hydrogen-bond acceptors (Lipinski definition) is 4. The van der Waals surface area contributed by atoms with Crippen LogP contribution in [-0.2, 0) is 9.47 Å². The number of aromatic nitrogens is 2. The Morgan fingerprint density at radius 1 is 1.50 bits per heavy atom. The molecule has 3 heterocycles. The van der Waals surface area contributed by atoms with E-state index in [0.717, 1.165) is 37.8 Å². The van der Waals surface area contributed by atoms with E-state index in [1.54, 1.807) is 0 Å². The number of piperidine rings is 1. The average molecular weight is 336 g/mol. The molecule has 24 heavy (non-hydrogen) atoms. The van der Waals surface area contributed by atoms with Crippen molar-refractivity contribution in [1.82, 2.24) is 20.4 Å². The molecule has 1 aromatic heterocycles. The van der Waals surface area contributed by atoms with Crippen molar-refractivity contribution < 1.29 is 14.3 Å². The topological polar surface area (TPSA) is 79.5 Å². The number of nitrogens with one attached hydrogen (secondary N) is 2. The highest BCUT2D eigenvalue weighted by atomic mass is 16.7. The molecule has 3 rings (SSSR count). The average Bonchev–Trinajstić information content (AvgIpc) is 3.24. The van der Waals surface area contributed by atoms with Crippen LogP contribution in [0.1, 0.15) is 51.1 Å². The summed E-state index contributed by atoms with van der Waals surface area (Å²) in [7, 11) is 0. The van der Waals surface area contributed by atoms with Crippen LogP contribution < -0.4 is 5.32 Å². The van der Waals surface area contributed by atoms with Gasteiger partial charge in [-0.15, -0.1) is 0 Å². The van der Waals surface area contributed by atoms with Crippen molar-refractivity contribution in [3.63, 3.8) is 0 Å². The maximum Gasteiger partial charge on any atom is 0.317 e. The molecule has 1 aromatic rings. The van der Waals surface area contributed by atoms with Crippen molar-refractivity contribution in [1.29, 1.82) is 0 Å². The van der Waals surface area contributed by atoms with Crippen LogP contribution in [0.4, 0.5) is 4.79 Å². The Kier molecular flexibility index (Phi) is 5.40. The summed E-state index contributed by atoms with van der Waals surface area (Å²) in [5, 5.41) is 9.94. The van der Waals surface area contributed by atoms with E-state index in [-0.39, 0.29) is 18.0 Å². The lowest BCUT2D eigenvalue weighted by atomic mass is 9.98. The fourth-order valence-electron chi connectivity index (χ4n) is 3.71. The van der Waals surface area contributed by atoms with Crippen molar-refractivity contribution in [2.75, 3.05) is 26.3 Å². The second-order valence-corrected chi connectivity index (χ2v) is 7.06. The number of likely N-dealkylation sites (tertiary alicyclic amines) is 1. The van der Waals surface area contributed by atoms with Crippen LogP contribution >= 0.6 is 0 Å². The number of amides is 2. The number of H-pyrrole nitrogens is 1. The van der Waals surface area contributed by atoms with Gasteiger partial charge in [0.1, 0.15) is 0 Å². The summed E-state index contributed by atoms with van der Waals surface area (Å²) in [5.74, 6) is -0.219. The highest BCUT2D eigenvalue weighted by Crippen LogP contribution is 2.30. The van der Waals surface area contributed by atoms with Gasteiger partial charge in [0.2, 0.25) is 0 Å². The molecule has 0 aliphatic carbocycles. The van der Waals surface area contributed by atoms with Gasteiger partial charge in [0, 0.05) is 31.3 Å². The molecule has 0 unspecified atom stereocenters. The second-order valence-electron chi connectivity index (χ2n) is 7.06. The zero-order chi connectivity index (χ0) is 17.0. The summed E-state index contributed by atoms with van der Waals surface area (Å²) in [5.41, 5.74) is 1.08. The molecule has 2 N–H and O–H groups in total. The smallest absolute Gasteiger partial charge is 0.317 e. The summed E-state index contributed by atoms with van der Waals surface area (Å²) in [6, 6.07) is 0.123. The molecule has 7 heteroatoms. The number of ether oxygens (including phenoxy) is 2. The van der Waals surface area contributed by atoms with E-state index in [1.165, 1.54) is 0 Å². The molecule has 7 nitrogen and oxygen atoms in total. The van der Waals surface area contributed by atoms with E-state index in [4.69, 9.17) is 9.47 Å². The molecule has 0 saturated carbocycles. The number of aromatic amines is 1. The highest BCUT2D eigenvalue weighted by Gasteiger charge is 2.33. The van der Waals surface area contributed by atoms with E-state index < -0.39 is 5.79 Å². The molecular weight excluding hydrogens is 308 g/mol. The van der Waals surface area contributed by atoms with E-state index >= 15 is 0 Å². The third-order valence-electron chi connectivity index (χ3n) is 4.89. The molecule has 2 atom stereocenters. The van der Waals surface area contributed by atoms with E-state index in [0.29, 0.717) is 19.8 Å². The Bertz CT molecular complexity index is 528. The Morgan fingerprint density at radius 3 is 3.00 bits per heavy atom. The van der Waals surface area contributed by atoms with Crippen LogP contribution in [0.15, 0.2) is 12.4 Å². The number of rotatable bonds is 5. The zero-order valence-electron chi connectivity index (χ0n) is 14.6. The zero-order valence-corrected chi connectivity index (χ0v) is 14.6. The summed E-state index contributed by atoms with van der Waals surface area (Å²) < 4.78 is 11.3. The van der Waals surface area contributed by atoms with Crippen molar-refractivity contribution >= 4 is 6.03 Å². The lowest BCUT2D eigenvalue weighted by molar-refractivity contribution is -0.153. The second kappa shape index (κ2) is 7.53.